The summed E-state index contributed by atoms with van der Waals surface area (Å²) in [6.45, 7) is 1.80. The van der Waals surface area contributed by atoms with Crippen molar-refractivity contribution < 1.29 is 8.63 Å². The largest absolute Gasteiger partial charge is 0.430 e. The number of aryl methyl sites for hydroxylation is 2. The summed E-state index contributed by atoms with van der Waals surface area (Å²) in [5.74, 6) is 0.193. The number of nitrogens with zero attached hydrogens (tertiary/aromatic N) is 3. The molecule has 1 unspecified atom stereocenters. The van der Waals surface area contributed by atoms with Crippen molar-refractivity contribution in [3.05, 3.63) is 34.6 Å². The predicted molar refractivity (Wildman–Crippen MR) is 81.5 cm³/mol. The van der Waals surface area contributed by atoms with Gasteiger partial charge < -0.3 is 10.2 Å². The second kappa shape index (κ2) is 5.16. The van der Waals surface area contributed by atoms with Crippen LogP contribution in [0.4, 0.5) is 5.69 Å². The predicted octanol–water partition coefficient (Wildman–Crippen LogP) is 2.41. The molecule has 1 atom stereocenters. The van der Waals surface area contributed by atoms with Gasteiger partial charge in [-0.1, -0.05) is 11.6 Å². The summed E-state index contributed by atoms with van der Waals surface area (Å²) in [6, 6.07) is 5.10. The van der Waals surface area contributed by atoms with Crippen molar-refractivity contribution in [3.63, 3.8) is 0 Å². The second-order valence-corrected chi connectivity index (χ2v) is 6.37. The number of hydrogen-bond donors (Lipinski definition) is 1. The molecule has 2 N–H and O–H groups in total. The molecule has 0 aliphatic rings. The minimum absolute atomic E-state index is 0.158. The van der Waals surface area contributed by atoms with Crippen LogP contribution in [0, 0.1) is 6.92 Å². The monoisotopic (exact) mass is 324 g/mol. The van der Waals surface area contributed by atoms with E-state index in [-0.39, 0.29) is 11.0 Å². The van der Waals surface area contributed by atoms with Crippen LogP contribution in [0.5, 0.6) is 0 Å². The molecular formula is C13H13ClN4O2S. The molecule has 0 spiro atoms. The topological polar surface area (TPSA) is 86.9 Å². The van der Waals surface area contributed by atoms with Crippen molar-refractivity contribution in [3.8, 4) is 0 Å². The average Bonchev–Trinajstić information content (AvgIpc) is 2.95. The number of aromatic nitrogens is 3. The van der Waals surface area contributed by atoms with Crippen LogP contribution in [-0.4, -0.2) is 19.0 Å². The van der Waals surface area contributed by atoms with Gasteiger partial charge in [0.15, 0.2) is 5.58 Å². The van der Waals surface area contributed by atoms with Crippen molar-refractivity contribution in [1.82, 2.24) is 14.8 Å². The Hall–Kier alpha value is -1.86. The molecule has 21 heavy (non-hydrogen) atoms. The summed E-state index contributed by atoms with van der Waals surface area (Å²) in [6.07, 6.45) is 0. The Morgan fingerprint density at radius 3 is 2.90 bits per heavy atom. The number of oxazole rings is 1. The summed E-state index contributed by atoms with van der Waals surface area (Å²) in [4.78, 5) is 4.22. The van der Waals surface area contributed by atoms with Gasteiger partial charge >= 0.3 is 0 Å². The first kappa shape index (κ1) is 14.1. The Morgan fingerprint density at radius 1 is 1.48 bits per heavy atom. The number of hydrogen-bond acceptors (Lipinski definition) is 5. The van der Waals surface area contributed by atoms with Crippen LogP contribution in [0.2, 0.25) is 5.02 Å². The van der Waals surface area contributed by atoms with Gasteiger partial charge in [0.1, 0.15) is 16.3 Å². The molecule has 0 fully saturated rings. The van der Waals surface area contributed by atoms with E-state index in [0.717, 1.165) is 0 Å². The molecule has 2 heterocycles. The van der Waals surface area contributed by atoms with Gasteiger partial charge in [0, 0.05) is 12.7 Å². The van der Waals surface area contributed by atoms with E-state index in [9.17, 15) is 4.21 Å². The minimum Gasteiger partial charge on any atom is -0.430 e. The van der Waals surface area contributed by atoms with Crippen molar-refractivity contribution in [1.29, 1.82) is 0 Å². The highest BCUT2D eigenvalue weighted by atomic mass is 35.5. The number of anilines is 1. The number of fused-ring (bicyclic) bond motifs is 1. The molecule has 0 saturated heterocycles. The number of benzene rings is 1. The molecule has 1 aromatic carbocycles. The molecule has 8 heteroatoms. The summed E-state index contributed by atoms with van der Waals surface area (Å²) in [5, 5.41) is 4.87. The Bertz CT molecular complexity index is 855. The van der Waals surface area contributed by atoms with E-state index in [1.54, 1.807) is 36.9 Å². The number of rotatable bonds is 3. The lowest BCUT2D eigenvalue weighted by molar-refractivity contribution is 0.477. The maximum Gasteiger partial charge on any atom is 0.288 e. The van der Waals surface area contributed by atoms with E-state index in [4.69, 9.17) is 21.8 Å². The Kier molecular flexibility index (Phi) is 3.46. The Labute approximate surface area is 128 Å². The van der Waals surface area contributed by atoms with Gasteiger partial charge in [-0.2, -0.15) is 5.10 Å². The van der Waals surface area contributed by atoms with Crippen molar-refractivity contribution in [2.45, 2.75) is 17.9 Å². The van der Waals surface area contributed by atoms with E-state index in [0.29, 0.717) is 33.2 Å². The van der Waals surface area contributed by atoms with Crippen molar-refractivity contribution in [2.24, 2.45) is 7.05 Å². The van der Waals surface area contributed by atoms with Gasteiger partial charge in [-0.05, 0) is 25.1 Å². The maximum absolute atomic E-state index is 12.4. The summed E-state index contributed by atoms with van der Waals surface area (Å²) in [7, 11) is 0.317. The highest BCUT2D eigenvalue weighted by molar-refractivity contribution is 7.84. The summed E-state index contributed by atoms with van der Waals surface area (Å²) < 4.78 is 19.5. The van der Waals surface area contributed by atoms with Gasteiger partial charge in [0.05, 0.1) is 22.2 Å². The zero-order chi connectivity index (χ0) is 15.1. The first-order valence-electron chi connectivity index (χ1n) is 6.18. The lowest BCUT2D eigenvalue weighted by Crippen LogP contribution is -2.03. The SMILES string of the molecule is Cc1nn(C)c(CS(=O)c2nc3cc(N)ccc3o2)c1Cl. The number of nitrogen functional groups attached to an aromatic ring is 1. The second-order valence-electron chi connectivity index (χ2n) is 4.67. The van der Waals surface area contributed by atoms with Crippen LogP contribution >= 0.6 is 11.6 Å². The zero-order valence-corrected chi connectivity index (χ0v) is 13.0. The molecule has 0 aliphatic heterocycles. The molecule has 3 aromatic rings. The van der Waals surface area contributed by atoms with E-state index in [1.165, 1.54) is 0 Å². The molecule has 0 saturated carbocycles. The van der Waals surface area contributed by atoms with Crippen LogP contribution in [0.25, 0.3) is 11.1 Å². The molecular weight excluding hydrogens is 312 g/mol. The molecule has 3 rings (SSSR count). The number of halogens is 1. The van der Waals surface area contributed by atoms with Crippen LogP contribution in [0.3, 0.4) is 0 Å². The molecule has 6 nitrogen and oxygen atoms in total. The molecule has 110 valence electrons. The van der Waals surface area contributed by atoms with Crippen LogP contribution in [-0.2, 0) is 23.6 Å². The van der Waals surface area contributed by atoms with Gasteiger partial charge in [-0.15, -0.1) is 0 Å². The lowest BCUT2D eigenvalue weighted by atomic mass is 10.3. The maximum atomic E-state index is 12.4. The quantitative estimate of drug-likeness (QED) is 0.747. The molecule has 0 bridgehead atoms. The molecule has 2 aromatic heterocycles. The van der Waals surface area contributed by atoms with Gasteiger partial charge in [0.2, 0.25) is 0 Å². The van der Waals surface area contributed by atoms with Gasteiger partial charge in [-0.3, -0.25) is 4.68 Å². The van der Waals surface area contributed by atoms with E-state index < -0.39 is 10.8 Å². The normalized spacial score (nSPS) is 12.9. The molecule has 0 radical (unpaired) electrons. The van der Waals surface area contributed by atoms with Gasteiger partial charge in [-0.25, -0.2) is 9.19 Å². The Morgan fingerprint density at radius 2 is 2.24 bits per heavy atom. The molecule has 0 amide bonds. The highest BCUT2D eigenvalue weighted by Gasteiger charge is 2.19. The first-order valence-corrected chi connectivity index (χ1v) is 7.88. The number of nitrogens with two attached hydrogens (primary N) is 1. The lowest BCUT2D eigenvalue weighted by Gasteiger charge is -2.00. The van der Waals surface area contributed by atoms with Crippen LogP contribution in [0.15, 0.2) is 27.8 Å². The fraction of sp³-hybridized carbons (Fsp3) is 0.231. The van der Waals surface area contributed by atoms with Crippen LogP contribution < -0.4 is 5.73 Å². The standard InChI is InChI=1S/C13H13ClN4O2S/c1-7-12(14)10(18(2)17-7)6-21(19)13-16-9-5-8(15)3-4-11(9)20-13/h3-5H,6,15H2,1-2H3. The smallest absolute Gasteiger partial charge is 0.288 e. The minimum atomic E-state index is -1.44. The van der Waals surface area contributed by atoms with Gasteiger partial charge in [0.25, 0.3) is 5.22 Å². The van der Waals surface area contributed by atoms with E-state index >= 15 is 0 Å². The fourth-order valence-electron chi connectivity index (χ4n) is 2.04. The molecule has 0 aliphatic carbocycles. The van der Waals surface area contributed by atoms with E-state index in [2.05, 4.69) is 10.1 Å². The fourth-order valence-corrected chi connectivity index (χ4v) is 3.44. The summed E-state index contributed by atoms with van der Waals surface area (Å²) >= 11 is 6.16. The third-order valence-electron chi connectivity index (χ3n) is 3.12. The highest BCUT2D eigenvalue weighted by Crippen LogP contribution is 2.25. The third-order valence-corrected chi connectivity index (χ3v) is 4.71. The Balaban J connectivity index is 1.93. The van der Waals surface area contributed by atoms with Crippen molar-refractivity contribution in [2.75, 3.05) is 5.73 Å². The van der Waals surface area contributed by atoms with Crippen molar-refractivity contribution >= 4 is 39.2 Å². The third kappa shape index (κ3) is 2.54. The average molecular weight is 325 g/mol. The zero-order valence-electron chi connectivity index (χ0n) is 11.5. The first-order chi connectivity index (χ1) is 9.95. The van der Waals surface area contributed by atoms with Crippen LogP contribution in [0.1, 0.15) is 11.4 Å². The van der Waals surface area contributed by atoms with E-state index in [1.807, 2.05) is 0 Å². The summed E-state index contributed by atoms with van der Waals surface area (Å²) in [5.41, 5.74) is 8.81.